The third-order valence-corrected chi connectivity index (χ3v) is 6.98. The van der Waals surface area contributed by atoms with Crippen LogP contribution >= 0.6 is 11.3 Å². The number of rotatable bonds is 11. The summed E-state index contributed by atoms with van der Waals surface area (Å²) in [5.41, 5.74) is 2.19. The number of ether oxygens (including phenoxy) is 1. The van der Waals surface area contributed by atoms with Crippen LogP contribution in [0.4, 0.5) is 0 Å². The van der Waals surface area contributed by atoms with Crippen molar-refractivity contribution in [2.45, 2.75) is 77.1 Å². The molecule has 2 N–H and O–H groups in total. The molecule has 0 bridgehead atoms. The number of aliphatic hydroxyl groups is 1. The Morgan fingerprint density at radius 1 is 1.20 bits per heavy atom. The smallest absolute Gasteiger partial charge is 0.123 e. The van der Waals surface area contributed by atoms with Crippen molar-refractivity contribution < 1.29 is 9.84 Å². The summed E-state index contributed by atoms with van der Waals surface area (Å²) in [5.74, 6) is 1.31. The number of likely N-dealkylation sites (N-methyl/N-ethyl adjacent to an activating group) is 1. The van der Waals surface area contributed by atoms with Crippen LogP contribution in [0.3, 0.4) is 0 Å². The van der Waals surface area contributed by atoms with Crippen molar-refractivity contribution in [2.24, 2.45) is 0 Å². The molecule has 166 valence electrons. The van der Waals surface area contributed by atoms with Crippen molar-refractivity contribution in [3.63, 3.8) is 0 Å². The average Bonchev–Trinajstić information content (AvgIpc) is 3.23. The second-order valence-electron chi connectivity index (χ2n) is 8.74. The van der Waals surface area contributed by atoms with Crippen LogP contribution < -0.4 is 10.1 Å². The number of aromatic nitrogens is 1. The number of nitrogens with zero attached hydrogens (tertiary/aromatic N) is 2. The van der Waals surface area contributed by atoms with E-state index in [1.807, 2.05) is 18.2 Å². The second kappa shape index (κ2) is 11.8. The highest BCUT2D eigenvalue weighted by molar-refractivity contribution is 7.09. The Hall–Kier alpha value is -1.47. The number of aliphatic hydroxyl groups excluding tert-OH is 1. The van der Waals surface area contributed by atoms with E-state index in [1.165, 1.54) is 37.1 Å². The van der Waals surface area contributed by atoms with Gasteiger partial charge in [-0.3, -0.25) is 0 Å². The number of hydrogen-bond donors (Lipinski definition) is 2. The molecule has 2 aromatic rings. The molecule has 0 spiro atoms. The first-order valence-corrected chi connectivity index (χ1v) is 12.1. The molecular formula is C24H37N3O2S. The van der Waals surface area contributed by atoms with Crippen molar-refractivity contribution in [3.8, 4) is 5.75 Å². The van der Waals surface area contributed by atoms with E-state index < -0.39 is 6.10 Å². The Balaban J connectivity index is 1.44. The van der Waals surface area contributed by atoms with Gasteiger partial charge in [-0.05, 0) is 26.0 Å². The zero-order valence-electron chi connectivity index (χ0n) is 18.6. The maximum absolute atomic E-state index is 10.5. The van der Waals surface area contributed by atoms with Gasteiger partial charge in [0.1, 0.15) is 18.5 Å². The lowest BCUT2D eigenvalue weighted by molar-refractivity contribution is 0.0558. The predicted molar refractivity (Wildman–Crippen MR) is 124 cm³/mol. The summed E-state index contributed by atoms with van der Waals surface area (Å²) in [6, 6.07) is 8.66. The number of thiazole rings is 1. The molecule has 1 saturated carbocycles. The van der Waals surface area contributed by atoms with Gasteiger partial charge in [0.2, 0.25) is 0 Å². The molecule has 0 unspecified atom stereocenters. The fraction of sp³-hybridized carbons (Fsp3) is 0.625. The number of nitrogens with one attached hydrogen (secondary N) is 1. The maximum atomic E-state index is 10.5. The molecule has 1 fully saturated rings. The molecule has 1 heterocycles. The highest BCUT2D eigenvalue weighted by Crippen LogP contribution is 2.23. The zero-order chi connectivity index (χ0) is 21.3. The molecule has 30 heavy (non-hydrogen) atoms. The molecule has 0 saturated heterocycles. The van der Waals surface area contributed by atoms with Crippen LogP contribution in [-0.2, 0) is 13.1 Å². The van der Waals surface area contributed by atoms with Gasteiger partial charge >= 0.3 is 0 Å². The van der Waals surface area contributed by atoms with Crippen LogP contribution in [0.1, 0.15) is 68.1 Å². The van der Waals surface area contributed by atoms with Crippen LogP contribution in [0.2, 0.25) is 0 Å². The van der Waals surface area contributed by atoms with Crippen LogP contribution in [0.25, 0.3) is 0 Å². The van der Waals surface area contributed by atoms with E-state index in [2.05, 4.69) is 47.5 Å². The van der Waals surface area contributed by atoms with Gasteiger partial charge in [-0.15, -0.1) is 11.3 Å². The Kier molecular flexibility index (Phi) is 9.12. The lowest BCUT2D eigenvalue weighted by Gasteiger charge is -2.32. The molecule has 1 aliphatic rings. The standard InChI is InChI=1S/C24H37N3O2S/c1-18(2)24-26-20(17-30-24)14-25-13-19-9-7-8-12-23(19)29-16-22(28)15-27(3)21-10-5-4-6-11-21/h7-9,12,17-18,21-22,25,28H,4-6,10-11,13-16H2,1-3H3/t22-/m0/s1. The third kappa shape index (κ3) is 7.05. The van der Waals surface area contributed by atoms with Crippen molar-refractivity contribution in [3.05, 3.63) is 45.9 Å². The second-order valence-corrected chi connectivity index (χ2v) is 9.63. The minimum absolute atomic E-state index is 0.317. The summed E-state index contributed by atoms with van der Waals surface area (Å²) in [4.78, 5) is 6.98. The molecule has 0 amide bonds. The Morgan fingerprint density at radius 2 is 1.97 bits per heavy atom. The van der Waals surface area contributed by atoms with Gasteiger partial charge in [0, 0.05) is 42.5 Å². The first-order valence-electron chi connectivity index (χ1n) is 11.3. The minimum atomic E-state index is -0.484. The topological polar surface area (TPSA) is 57.6 Å². The van der Waals surface area contributed by atoms with Gasteiger partial charge in [-0.1, -0.05) is 51.3 Å². The van der Waals surface area contributed by atoms with Crippen molar-refractivity contribution >= 4 is 11.3 Å². The molecule has 1 aliphatic carbocycles. The molecule has 1 aromatic heterocycles. The number of hydrogen-bond acceptors (Lipinski definition) is 6. The largest absolute Gasteiger partial charge is 0.491 e. The van der Waals surface area contributed by atoms with E-state index in [0.717, 1.165) is 23.6 Å². The van der Waals surface area contributed by atoms with E-state index in [9.17, 15) is 5.11 Å². The molecule has 6 heteroatoms. The summed E-state index contributed by atoms with van der Waals surface area (Å²) >= 11 is 1.73. The quantitative estimate of drug-likeness (QED) is 0.546. The highest BCUT2D eigenvalue weighted by Gasteiger charge is 2.20. The predicted octanol–water partition coefficient (Wildman–Crippen LogP) is 4.56. The van der Waals surface area contributed by atoms with E-state index in [4.69, 9.17) is 4.74 Å². The van der Waals surface area contributed by atoms with Crippen LogP contribution in [-0.4, -0.2) is 47.3 Å². The van der Waals surface area contributed by atoms with E-state index >= 15 is 0 Å². The lowest BCUT2D eigenvalue weighted by atomic mass is 9.94. The summed E-state index contributed by atoms with van der Waals surface area (Å²) in [7, 11) is 2.13. The van der Waals surface area contributed by atoms with Crippen molar-refractivity contribution in [2.75, 3.05) is 20.2 Å². The van der Waals surface area contributed by atoms with Crippen molar-refractivity contribution in [1.82, 2.24) is 15.2 Å². The minimum Gasteiger partial charge on any atom is -0.491 e. The van der Waals surface area contributed by atoms with E-state index in [1.54, 1.807) is 11.3 Å². The first kappa shape index (κ1) is 23.2. The van der Waals surface area contributed by atoms with Crippen molar-refractivity contribution in [1.29, 1.82) is 0 Å². The van der Waals surface area contributed by atoms with E-state index in [-0.39, 0.29) is 0 Å². The van der Waals surface area contributed by atoms with Crippen LogP contribution in [0.5, 0.6) is 5.75 Å². The molecule has 0 aliphatic heterocycles. The monoisotopic (exact) mass is 431 g/mol. The molecule has 0 radical (unpaired) electrons. The fourth-order valence-electron chi connectivity index (χ4n) is 4.03. The number of benzene rings is 1. The molecule has 3 rings (SSSR count). The third-order valence-electron chi connectivity index (χ3n) is 5.79. The summed E-state index contributed by atoms with van der Waals surface area (Å²) in [6.07, 6.45) is 5.97. The molecular weight excluding hydrogens is 394 g/mol. The van der Waals surface area contributed by atoms with Crippen LogP contribution in [0, 0.1) is 0 Å². The van der Waals surface area contributed by atoms with Gasteiger partial charge in [-0.25, -0.2) is 4.98 Å². The van der Waals surface area contributed by atoms with Gasteiger partial charge in [0.05, 0.1) is 10.7 Å². The number of para-hydroxylation sites is 1. The lowest BCUT2D eigenvalue weighted by Crippen LogP contribution is -2.40. The SMILES string of the molecule is CC(C)c1nc(CNCc2ccccc2OC[C@@H](O)CN(C)C2CCCCC2)cs1. The Bertz CT molecular complexity index is 758. The first-order chi connectivity index (χ1) is 14.5. The van der Waals surface area contributed by atoms with Gasteiger partial charge in [0.15, 0.2) is 0 Å². The van der Waals surface area contributed by atoms with Crippen LogP contribution in [0.15, 0.2) is 29.6 Å². The fourth-order valence-corrected chi connectivity index (χ4v) is 4.86. The summed E-state index contributed by atoms with van der Waals surface area (Å²) in [5, 5.41) is 17.3. The van der Waals surface area contributed by atoms with Gasteiger partial charge < -0.3 is 20.1 Å². The average molecular weight is 432 g/mol. The summed E-state index contributed by atoms with van der Waals surface area (Å²) < 4.78 is 6.00. The van der Waals surface area contributed by atoms with Gasteiger partial charge in [0.25, 0.3) is 0 Å². The van der Waals surface area contributed by atoms with Gasteiger partial charge in [-0.2, -0.15) is 0 Å². The Labute approximate surface area is 185 Å². The molecule has 1 atom stereocenters. The normalized spacial score (nSPS) is 16.3. The molecule has 5 nitrogen and oxygen atoms in total. The maximum Gasteiger partial charge on any atom is 0.123 e. The zero-order valence-corrected chi connectivity index (χ0v) is 19.5. The highest BCUT2D eigenvalue weighted by atomic mass is 32.1. The molecule has 1 aromatic carbocycles. The Morgan fingerprint density at radius 3 is 2.70 bits per heavy atom. The summed E-state index contributed by atoms with van der Waals surface area (Å²) in [6.45, 7) is 6.77. The van der Waals surface area contributed by atoms with E-state index in [0.29, 0.717) is 31.7 Å².